The van der Waals surface area contributed by atoms with Gasteiger partial charge >= 0.3 is 0 Å². The third kappa shape index (κ3) is 3.94. The van der Waals surface area contributed by atoms with Crippen LogP contribution < -0.4 is 10.2 Å². The van der Waals surface area contributed by atoms with Crippen molar-refractivity contribution in [1.29, 1.82) is 0 Å². The highest BCUT2D eigenvalue weighted by Crippen LogP contribution is 2.25. The predicted octanol–water partition coefficient (Wildman–Crippen LogP) is 4.30. The minimum atomic E-state index is -0.0136. The van der Waals surface area contributed by atoms with Gasteiger partial charge in [-0.2, -0.15) is 0 Å². The summed E-state index contributed by atoms with van der Waals surface area (Å²) in [5, 5.41) is 3.16. The fraction of sp³-hybridized carbons (Fsp3) is 0.400. The molecule has 126 valence electrons. The topological polar surface area (TPSA) is 45.2 Å². The van der Waals surface area contributed by atoms with Gasteiger partial charge < -0.3 is 10.2 Å². The second-order valence-corrected chi connectivity index (χ2v) is 6.32. The molecule has 1 heterocycles. The number of nitrogens with zero attached hydrogens (tertiary/aromatic N) is 2. The molecule has 0 unspecified atom stereocenters. The Hall–Kier alpha value is -2.36. The number of benzene rings is 1. The average Bonchev–Trinajstić information content (AvgIpc) is 2.64. The van der Waals surface area contributed by atoms with Gasteiger partial charge in [-0.1, -0.05) is 37.5 Å². The first-order chi connectivity index (χ1) is 11.8. The Bertz CT molecular complexity index is 666. The van der Waals surface area contributed by atoms with Crippen molar-refractivity contribution in [3.63, 3.8) is 0 Å². The molecule has 0 spiro atoms. The van der Waals surface area contributed by atoms with E-state index in [-0.39, 0.29) is 5.91 Å². The summed E-state index contributed by atoms with van der Waals surface area (Å²) < 4.78 is 0. The van der Waals surface area contributed by atoms with Gasteiger partial charge in [-0.15, -0.1) is 0 Å². The molecule has 1 amide bonds. The number of rotatable bonds is 5. The number of carbonyl (C=O) groups excluding carboxylic acids is 1. The highest BCUT2D eigenvalue weighted by Gasteiger charge is 2.17. The molecule has 0 bridgehead atoms. The molecule has 0 radical (unpaired) electrons. The van der Waals surface area contributed by atoms with Crippen LogP contribution in [-0.2, 0) is 0 Å². The van der Waals surface area contributed by atoms with E-state index in [0.717, 1.165) is 30.8 Å². The summed E-state index contributed by atoms with van der Waals surface area (Å²) in [6, 6.07) is 12.4. The Morgan fingerprint density at radius 1 is 1.12 bits per heavy atom. The van der Waals surface area contributed by atoms with Crippen LogP contribution in [0.2, 0.25) is 0 Å². The van der Waals surface area contributed by atoms with Crippen molar-refractivity contribution in [3.8, 4) is 0 Å². The molecule has 0 atom stereocenters. The van der Waals surface area contributed by atoms with Crippen molar-refractivity contribution >= 4 is 17.3 Å². The monoisotopic (exact) mass is 323 g/mol. The van der Waals surface area contributed by atoms with E-state index in [1.165, 1.54) is 19.3 Å². The normalized spacial score (nSPS) is 15.0. The van der Waals surface area contributed by atoms with E-state index in [0.29, 0.717) is 11.6 Å². The number of nitrogens with one attached hydrogen (secondary N) is 1. The maximum absolute atomic E-state index is 12.5. The zero-order chi connectivity index (χ0) is 16.8. The maximum Gasteiger partial charge on any atom is 0.253 e. The minimum Gasteiger partial charge on any atom is -0.349 e. The Morgan fingerprint density at radius 3 is 2.58 bits per heavy atom. The third-order valence-electron chi connectivity index (χ3n) is 4.62. The van der Waals surface area contributed by atoms with Gasteiger partial charge in [0, 0.05) is 24.5 Å². The lowest BCUT2D eigenvalue weighted by Gasteiger charge is -2.24. The van der Waals surface area contributed by atoms with E-state index in [4.69, 9.17) is 0 Å². The molecule has 1 fully saturated rings. The number of carbonyl (C=O) groups is 1. The molecule has 1 aromatic heterocycles. The SMILES string of the molecule is CCN(c1ccccc1)c1cncc(C(=O)NC2CCCCC2)c1. The quantitative estimate of drug-likeness (QED) is 0.892. The number of hydrogen-bond donors (Lipinski definition) is 1. The molecule has 2 aromatic rings. The van der Waals surface area contributed by atoms with Crippen LogP contribution in [0.15, 0.2) is 48.8 Å². The first-order valence-electron chi connectivity index (χ1n) is 8.86. The Labute approximate surface area is 143 Å². The van der Waals surface area contributed by atoms with E-state index in [1.807, 2.05) is 30.5 Å². The van der Waals surface area contributed by atoms with Crippen LogP contribution in [-0.4, -0.2) is 23.5 Å². The number of anilines is 2. The van der Waals surface area contributed by atoms with Gasteiger partial charge in [0.05, 0.1) is 17.4 Å². The van der Waals surface area contributed by atoms with Crippen LogP contribution in [0, 0.1) is 0 Å². The number of hydrogen-bond acceptors (Lipinski definition) is 3. The fourth-order valence-electron chi connectivity index (χ4n) is 3.34. The van der Waals surface area contributed by atoms with Gasteiger partial charge in [-0.05, 0) is 38.0 Å². The van der Waals surface area contributed by atoms with Gasteiger partial charge in [-0.25, -0.2) is 0 Å². The van der Waals surface area contributed by atoms with Crippen LogP contribution in [0.3, 0.4) is 0 Å². The molecule has 1 N–H and O–H groups in total. The van der Waals surface area contributed by atoms with Crippen molar-refractivity contribution in [1.82, 2.24) is 10.3 Å². The highest BCUT2D eigenvalue weighted by molar-refractivity contribution is 5.95. The highest BCUT2D eigenvalue weighted by atomic mass is 16.1. The lowest BCUT2D eigenvalue weighted by Crippen LogP contribution is -2.36. The number of para-hydroxylation sites is 1. The zero-order valence-electron chi connectivity index (χ0n) is 14.2. The van der Waals surface area contributed by atoms with Crippen LogP contribution in [0.5, 0.6) is 0 Å². The molecule has 1 aliphatic rings. The number of aromatic nitrogens is 1. The van der Waals surface area contributed by atoms with E-state index in [9.17, 15) is 4.79 Å². The second kappa shape index (κ2) is 7.95. The van der Waals surface area contributed by atoms with Gasteiger partial charge in [0.25, 0.3) is 5.91 Å². The second-order valence-electron chi connectivity index (χ2n) is 6.32. The smallest absolute Gasteiger partial charge is 0.253 e. The maximum atomic E-state index is 12.5. The van der Waals surface area contributed by atoms with Crippen molar-refractivity contribution in [2.24, 2.45) is 0 Å². The molecule has 1 saturated carbocycles. The lowest BCUT2D eigenvalue weighted by molar-refractivity contribution is 0.0927. The summed E-state index contributed by atoms with van der Waals surface area (Å²) in [6.07, 6.45) is 9.34. The van der Waals surface area contributed by atoms with Gasteiger partial charge in [0.1, 0.15) is 0 Å². The molecule has 1 aliphatic carbocycles. The number of pyridine rings is 1. The molecule has 1 aromatic carbocycles. The van der Waals surface area contributed by atoms with Gasteiger partial charge in [0.15, 0.2) is 0 Å². The zero-order valence-corrected chi connectivity index (χ0v) is 14.2. The average molecular weight is 323 g/mol. The molecule has 24 heavy (non-hydrogen) atoms. The van der Waals surface area contributed by atoms with E-state index in [1.54, 1.807) is 6.20 Å². The van der Waals surface area contributed by atoms with Crippen LogP contribution in [0.1, 0.15) is 49.4 Å². The van der Waals surface area contributed by atoms with Crippen LogP contribution >= 0.6 is 0 Å². The van der Waals surface area contributed by atoms with Crippen molar-refractivity contribution < 1.29 is 4.79 Å². The first kappa shape index (κ1) is 16.5. The Balaban J connectivity index is 1.76. The Morgan fingerprint density at radius 2 is 1.88 bits per heavy atom. The first-order valence-corrected chi connectivity index (χ1v) is 8.86. The molecule has 3 rings (SSSR count). The third-order valence-corrected chi connectivity index (χ3v) is 4.62. The van der Waals surface area contributed by atoms with E-state index in [2.05, 4.69) is 34.3 Å². The standard InChI is InChI=1S/C20H25N3O/c1-2-23(18-11-7-4-8-12-18)19-13-16(14-21-15-19)20(24)22-17-9-5-3-6-10-17/h4,7-8,11-15,17H,2-3,5-6,9-10H2,1H3,(H,22,24). The minimum absolute atomic E-state index is 0.0136. The van der Waals surface area contributed by atoms with Crippen LogP contribution in [0.25, 0.3) is 0 Å². The molecule has 0 aliphatic heterocycles. The summed E-state index contributed by atoms with van der Waals surface area (Å²) in [7, 11) is 0. The Kier molecular flexibility index (Phi) is 5.47. The fourth-order valence-corrected chi connectivity index (χ4v) is 3.34. The molecule has 4 nitrogen and oxygen atoms in total. The summed E-state index contributed by atoms with van der Waals surface area (Å²) in [5.74, 6) is -0.0136. The summed E-state index contributed by atoms with van der Waals surface area (Å²) in [4.78, 5) is 19.0. The molecule has 4 heteroatoms. The summed E-state index contributed by atoms with van der Waals surface area (Å²) in [6.45, 7) is 2.92. The number of amides is 1. The van der Waals surface area contributed by atoms with Crippen molar-refractivity contribution in [2.75, 3.05) is 11.4 Å². The van der Waals surface area contributed by atoms with Crippen molar-refractivity contribution in [3.05, 3.63) is 54.4 Å². The predicted molar refractivity (Wildman–Crippen MR) is 97.7 cm³/mol. The molecular weight excluding hydrogens is 298 g/mol. The summed E-state index contributed by atoms with van der Waals surface area (Å²) in [5.41, 5.74) is 2.68. The molecule has 0 saturated heterocycles. The van der Waals surface area contributed by atoms with Crippen molar-refractivity contribution in [2.45, 2.75) is 45.1 Å². The summed E-state index contributed by atoms with van der Waals surface area (Å²) >= 11 is 0. The lowest BCUT2D eigenvalue weighted by atomic mass is 9.95. The van der Waals surface area contributed by atoms with Crippen LogP contribution in [0.4, 0.5) is 11.4 Å². The van der Waals surface area contributed by atoms with E-state index >= 15 is 0 Å². The van der Waals surface area contributed by atoms with E-state index < -0.39 is 0 Å². The molecular formula is C20H25N3O. The van der Waals surface area contributed by atoms with Gasteiger partial charge in [0.2, 0.25) is 0 Å². The van der Waals surface area contributed by atoms with Gasteiger partial charge in [-0.3, -0.25) is 9.78 Å². The largest absolute Gasteiger partial charge is 0.349 e.